The van der Waals surface area contributed by atoms with E-state index in [1.807, 2.05) is 25.1 Å². The van der Waals surface area contributed by atoms with Crippen LogP contribution in [0.4, 0.5) is 5.69 Å². The summed E-state index contributed by atoms with van der Waals surface area (Å²) in [5.74, 6) is 0.702. The summed E-state index contributed by atoms with van der Waals surface area (Å²) in [6.45, 7) is 1.90. The molecule has 0 atom stereocenters. The van der Waals surface area contributed by atoms with E-state index in [1.165, 1.54) is 0 Å². The van der Waals surface area contributed by atoms with Crippen LogP contribution in [0.25, 0.3) is 11.0 Å². The third-order valence-corrected chi connectivity index (χ3v) is 2.70. The molecule has 2 aromatic heterocycles. The summed E-state index contributed by atoms with van der Waals surface area (Å²) in [5, 5.41) is 2.83. The molecule has 3 aromatic rings. The highest BCUT2D eigenvalue weighted by atomic mass is 16.1. The van der Waals surface area contributed by atoms with Crippen molar-refractivity contribution in [2.24, 2.45) is 0 Å². The van der Waals surface area contributed by atoms with Crippen molar-refractivity contribution in [2.75, 3.05) is 5.32 Å². The molecule has 0 bridgehead atoms. The fourth-order valence-corrected chi connectivity index (χ4v) is 1.88. The average molecular weight is 240 g/mol. The lowest BCUT2D eigenvalue weighted by Crippen LogP contribution is -2.11. The summed E-state index contributed by atoms with van der Waals surface area (Å²) in [6.07, 6.45) is 1.72. The van der Waals surface area contributed by atoms with Crippen molar-refractivity contribution in [1.29, 1.82) is 0 Å². The van der Waals surface area contributed by atoms with Crippen molar-refractivity contribution in [1.82, 2.24) is 15.0 Å². The van der Waals surface area contributed by atoms with E-state index >= 15 is 0 Å². The van der Waals surface area contributed by atoms with Gasteiger partial charge in [-0.25, -0.2) is 4.98 Å². The maximum absolute atomic E-state index is 11.8. The van der Waals surface area contributed by atoms with Gasteiger partial charge in [-0.1, -0.05) is 0 Å². The Morgan fingerprint density at radius 3 is 3.00 bits per heavy atom. The van der Waals surface area contributed by atoms with Crippen LogP contribution in [0.2, 0.25) is 0 Å². The Hall–Kier alpha value is -2.56. The molecule has 0 saturated carbocycles. The third kappa shape index (κ3) is 1.86. The van der Waals surface area contributed by atoms with Gasteiger partial charge in [-0.15, -0.1) is 0 Å². The van der Waals surface area contributed by atoms with E-state index in [9.17, 15) is 4.79 Å². The van der Waals surface area contributed by atoms with Crippen molar-refractivity contribution in [3.8, 4) is 0 Å². The Morgan fingerprint density at radius 2 is 2.22 bits per heavy atom. The normalized spacial score (nSPS) is 10.7. The zero-order valence-electron chi connectivity index (χ0n) is 9.82. The Bertz CT molecular complexity index is 697. The predicted octanol–water partition coefficient (Wildman–Crippen LogP) is 2.45. The number of aromatic nitrogens is 3. The predicted molar refractivity (Wildman–Crippen MR) is 69.6 cm³/mol. The molecule has 3 N–H and O–H groups in total. The zero-order chi connectivity index (χ0) is 12.5. The number of nitrogens with zero attached hydrogens (tertiary/aromatic N) is 1. The van der Waals surface area contributed by atoms with E-state index < -0.39 is 0 Å². The zero-order valence-corrected chi connectivity index (χ0v) is 9.82. The number of amides is 1. The van der Waals surface area contributed by atoms with Gasteiger partial charge in [-0.05, 0) is 37.3 Å². The summed E-state index contributed by atoms with van der Waals surface area (Å²) >= 11 is 0. The maximum Gasteiger partial charge on any atom is 0.272 e. The molecule has 2 heterocycles. The number of carbonyl (C=O) groups excluding carboxylic acids is 1. The molecule has 0 aliphatic heterocycles. The van der Waals surface area contributed by atoms with Gasteiger partial charge in [-0.3, -0.25) is 4.79 Å². The molecule has 1 amide bonds. The first-order valence-corrected chi connectivity index (χ1v) is 5.63. The standard InChI is InChI=1S/C13H12N4O/c1-8-15-10-5-4-9(7-12(10)16-8)17-13(18)11-3-2-6-14-11/h2-7,14H,1H3,(H,15,16)(H,17,18). The van der Waals surface area contributed by atoms with Crippen molar-refractivity contribution in [3.63, 3.8) is 0 Å². The lowest BCUT2D eigenvalue weighted by Gasteiger charge is -2.03. The van der Waals surface area contributed by atoms with Crippen LogP contribution < -0.4 is 5.32 Å². The van der Waals surface area contributed by atoms with Crippen LogP contribution in [0.15, 0.2) is 36.5 Å². The molecule has 5 heteroatoms. The van der Waals surface area contributed by atoms with Crippen LogP contribution in [0.1, 0.15) is 16.3 Å². The minimum absolute atomic E-state index is 0.157. The lowest BCUT2D eigenvalue weighted by atomic mass is 10.2. The van der Waals surface area contributed by atoms with Gasteiger partial charge in [0.25, 0.3) is 5.91 Å². The monoisotopic (exact) mass is 240 g/mol. The van der Waals surface area contributed by atoms with Gasteiger partial charge in [0.05, 0.1) is 11.0 Å². The van der Waals surface area contributed by atoms with Crippen LogP contribution in [0.3, 0.4) is 0 Å². The number of rotatable bonds is 2. The summed E-state index contributed by atoms with van der Waals surface area (Å²) in [4.78, 5) is 22.2. The highest BCUT2D eigenvalue weighted by Gasteiger charge is 2.07. The van der Waals surface area contributed by atoms with Crippen LogP contribution in [-0.4, -0.2) is 20.9 Å². The SMILES string of the molecule is Cc1nc2ccc(NC(=O)c3ccc[nH]3)cc2[nH]1. The number of hydrogen-bond donors (Lipinski definition) is 3. The molecule has 0 unspecified atom stereocenters. The number of nitrogens with one attached hydrogen (secondary N) is 3. The number of carbonyl (C=O) groups is 1. The Balaban J connectivity index is 1.88. The van der Waals surface area contributed by atoms with Crippen molar-refractivity contribution >= 4 is 22.6 Å². The van der Waals surface area contributed by atoms with Crippen LogP contribution in [0.5, 0.6) is 0 Å². The number of aromatic amines is 2. The molecular formula is C13H12N4O. The molecule has 0 spiro atoms. The summed E-state index contributed by atoms with van der Waals surface area (Å²) < 4.78 is 0. The number of anilines is 1. The van der Waals surface area contributed by atoms with Gasteiger partial charge in [0.15, 0.2) is 0 Å². The van der Waals surface area contributed by atoms with Crippen LogP contribution >= 0.6 is 0 Å². The van der Waals surface area contributed by atoms with E-state index in [2.05, 4.69) is 20.3 Å². The number of benzene rings is 1. The lowest BCUT2D eigenvalue weighted by molar-refractivity contribution is 0.102. The molecule has 0 aliphatic carbocycles. The summed E-state index contributed by atoms with van der Waals surface area (Å²) in [5.41, 5.74) is 3.09. The Kier molecular flexibility index (Phi) is 2.37. The topological polar surface area (TPSA) is 73.6 Å². The molecule has 90 valence electrons. The van der Waals surface area contributed by atoms with E-state index in [0.717, 1.165) is 22.5 Å². The van der Waals surface area contributed by atoms with Gasteiger partial charge in [0, 0.05) is 11.9 Å². The highest BCUT2D eigenvalue weighted by molar-refractivity contribution is 6.03. The molecule has 0 aliphatic rings. The minimum atomic E-state index is -0.157. The molecule has 0 radical (unpaired) electrons. The van der Waals surface area contributed by atoms with E-state index in [4.69, 9.17) is 0 Å². The van der Waals surface area contributed by atoms with Crippen LogP contribution in [-0.2, 0) is 0 Å². The number of aryl methyl sites for hydroxylation is 1. The molecule has 5 nitrogen and oxygen atoms in total. The highest BCUT2D eigenvalue weighted by Crippen LogP contribution is 2.17. The smallest absolute Gasteiger partial charge is 0.272 e. The third-order valence-electron chi connectivity index (χ3n) is 2.70. The quantitative estimate of drug-likeness (QED) is 0.643. The number of H-pyrrole nitrogens is 2. The second kappa shape index (κ2) is 4.03. The van der Waals surface area contributed by atoms with Gasteiger partial charge < -0.3 is 15.3 Å². The van der Waals surface area contributed by atoms with E-state index in [1.54, 1.807) is 18.3 Å². The van der Waals surface area contributed by atoms with Gasteiger partial charge in [-0.2, -0.15) is 0 Å². The first-order valence-electron chi connectivity index (χ1n) is 5.63. The fourth-order valence-electron chi connectivity index (χ4n) is 1.88. The van der Waals surface area contributed by atoms with Gasteiger partial charge in [0.1, 0.15) is 11.5 Å². The number of fused-ring (bicyclic) bond motifs is 1. The van der Waals surface area contributed by atoms with Gasteiger partial charge in [0.2, 0.25) is 0 Å². The van der Waals surface area contributed by atoms with Crippen LogP contribution in [0, 0.1) is 6.92 Å². The van der Waals surface area contributed by atoms with E-state index in [-0.39, 0.29) is 5.91 Å². The molecular weight excluding hydrogens is 228 g/mol. The number of imidazole rings is 1. The van der Waals surface area contributed by atoms with Crippen molar-refractivity contribution in [3.05, 3.63) is 48.0 Å². The average Bonchev–Trinajstić information content (AvgIpc) is 2.95. The molecule has 1 aromatic carbocycles. The molecule has 0 saturated heterocycles. The van der Waals surface area contributed by atoms with Gasteiger partial charge >= 0.3 is 0 Å². The minimum Gasteiger partial charge on any atom is -0.357 e. The molecule has 18 heavy (non-hydrogen) atoms. The summed E-state index contributed by atoms with van der Waals surface area (Å²) in [7, 11) is 0. The molecule has 0 fully saturated rings. The largest absolute Gasteiger partial charge is 0.357 e. The second-order valence-electron chi connectivity index (χ2n) is 4.09. The summed E-state index contributed by atoms with van der Waals surface area (Å²) in [6, 6.07) is 9.10. The maximum atomic E-state index is 11.8. The van der Waals surface area contributed by atoms with Crippen molar-refractivity contribution < 1.29 is 4.79 Å². The fraction of sp³-hybridized carbons (Fsp3) is 0.0769. The molecule has 3 rings (SSSR count). The van der Waals surface area contributed by atoms with E-state index in [0.29, 0.717) is 5.69 Å². The Labute approximate surface area is 103 Å². The first kappa shape index (κ1) is 10.6. The van der Waals surface area contributed by atoms with Crippen molar-refractivity contribution in [2.45, 2.75) is 6.92 Å². The first-order chi connectivity index (χ1) is 8.72. The Morgan fingerprint density at radius 1 is 1.33 bits per heavy atom. The number of hydrogen-bond acceptors (Lipinski definition) is 2. The second-order valence-corrected chi connectivity index (χ2v) is 4.09.